The molecule has 11 heteroatoms. The van der Waals surface area contributed by atoms with Gasteiger partial charge in [0.15, 0.2) is 5.82 Å². The van der Waals surface area contributed by atoms with Gasteiger partial charge >= 0.3 is 0 Å². The smallest absolute Gasteiger partial charge is 0.289 e. The lowest BCUT2D eigenvalue weighted by atomic mass is 9.98. The molecule has 40 heavy (non-hydrogen) atoms. The second-order valence-corrected chi connectivity index (χ2v) is 10.6. The van der Waals surface area contributed by atoms with E-state index >= 15 is 0 Å². The summed E-state index contributed by atoms with van der Waals surface area (Å²) in [6, 6.07) is 10.2. The van der Waals surface area contributed by atoms with Crippen molar-refractivity contribution in [2.24, 2.45) is 0 Å². The Hall–Kier alpha value is -4.12. The number of nitrogens with zero attached hydrogens (tertiary/aromatic N) is 5. The minimum absolute atomic E-state index is 0.00554. The van der Waals surface area contributed by atoms with Gasteiger partial charge in [0, 0.05) is 44.2 Å². The van der Waals surface area contributed by atoms with Gasteiger partial charge in [0.25, 0.3) is 5.91 Å². The lowest BCUT2D eigenvalue weighted by molar-refractivity contribution is -0.133. The highest BCUT2D eigenvalue weighted by Crippen LogP contribution is 2.38. The van der Waals surface area contributed by atoms with E-state index in [1.165, 1.54) is 6.07 Å². The molecule has 0 bridgehead atoms. The Morgan fingerprint density at radius 3 is 2.35 bits per heavy atom. The van der Waals surface area contributed by atoms with Gasteiger partial charge in [0.05, 0.1) is 12.1 Å². The van der Waals surface area contributed by atoms with E-state index < -0.39 is 5.91 Å². The molecule has 4 rings (SSSR count). The molecule has 11 nitrogen and oxygen atoms in total. The Kier molecular flexibility index (Phi) is 8.93. The minimum atomic E-state index is -0.403. The van der Waals surface area contributed by atoms with Crippen LogP contribution in [0.3, 0.4) is 0 Å². The number of phenolic OH excluding ortho intramolecular Hbond substituents is 2. The number of amides is 2. The molecular formula is C29H38N6O5. The summed E-state index contributed by atoms with van der Waals surface area (Å²) in [5.74, 6) is 0.538. The standard InChI is InChI=1S/C29H38N6O5/c1-6-30-29(39)28-32-31-27(23-15-22(18(2)3)24(36)16-25(23)37)35(28)19-7-9-20(10-8-19)40-21-11-13-34(14-12-21)26(38)17-33(4)5/h7-10,15-16,18,21,36-37H,6,11-14,17H2,1-5H3,(H,30,39). The van der Waals surface area contributed by atoms with Crippen LogP contribution in [-0.4, -0.2) is 93.0 Å². The first-order chi connectivity index (χ1) is 19.1. The monoisotopic (exact) mass is 550 g/mol. The molecule has 2 amide bonds. The number of likely N-dealkylation sites (tertiary alicyclic amines) is 1. The van der Waals surface area contributed by atoms with Crippen molar-refractivity contribution >= 4 is 11.8 Å². The van der Waals surface area contributed by atoms with Crippen LogP contribution in [0.2, 0.25) is 0 Å². The molecule has 2 heterocycles. The molecule has 0 saturated carbocycles. The first-order valence-electron chi connectivity index (χ1n) is 13.6. The van der Waals surface area contributed by atoms with Crippen LogP contribution < -0.4 is 10.1 Å². The first-order valence-corrected chi connectivity index (χ1v) is 13.6. The van der Waals surface area contributed by atoms with Crippen LogP contribution in [-0.2, 0) is 4.79 Å². The van der Waals surface area contributed by atoms with Crippen LogP contribution in [0.1, 0.15) is 55.7 Å². The fraction of sp³-hybridized carbons (Fsp3) is 0.448. The molecule has 1 saturated heterocycles. The Labute approximate surface area is 234 Å². The number of rotatable bonds is 9. The third-order valence-corrected chi connectivity index (χ3v) is 6.86. The Bertz CT molecular complexity index is 1340. The van der Waals surface area contributed by atoms with Crippen LogP contribution in [0.25, 0.3) is 17.1 Å². The SMILES string of the molecule is CCNC(=O)c1nnc(-c2cc(C(C)C)c(O)cc2O)n1-c1ccc(OC2CCN(C(=O)CN(C)C)CC2)cc1. The van der Waals surface area contributed by atoms with E-state index in [9.17, 15) is 19.8 Å². The summed E-state index contributed by atoms with van der Waals surface area (Å²) in [4.78, 5) is 29.0. The molecule has 1 aliphatic rings. The number of hydrogen-bond acceptors (Lipinski definition) is 8. The zero-order chi connectivity index (χ0) is 29.0. The predicted octanol–water partition coefficient (Wildman–Crippen LogP) is 3.15. The summed E-state index contributed by atoms with van der Waals surface area (Å²) < 4.78 is 7.79. The summed E-state index contributed by atoms with van der Waals surface area (Å²) in [6.45, 7) is 7.81. The topological polar surface area (TPSA) is 133 Å². The normalized spacial score (nSPS) is 14.1. The summed E-state index contributed by atoms with van der Waals surface area (Å²) in [5.41, 5.74) is 1.59. The number of aromatic nitrogens is 3. The van der Waals surface area contributed by atoms with Crippen molar-refractivity contribution in [1.82, 2.24) is 29.9 Å². The van der Waals surface area contributed by atoms with Gasteiger partial charge in [-0.1, -0.05) is 13.8 Å². The molecule has 1 aromatic heterocycles. The maximum atomic E-state index is 12.9. The fourth-order valence-electron chi connectivity index (χ4n) is 4.79. The Morgan fingerprint density at radius 2 is 1.75 bits per heavy atom. The number of phenols is 2. The lowest BCUT2D eigenvalue weighted by Gasteiger charge is -2.32. The molecule has 0 aliphatic carbocycles. The zero-order valence-corrected chi connectivity index (χ0v) is 23.7. The zero-order valence-electron chi connectivity index (χ0n) is 23.7. The van der Waals surface area contributed by atoms with Gasteiger partial charge in [-0.25, -0.2) is 0 Å². The maximum absolute atomic E-state index is 12.9. The van der Waals surface area contributed by atoms with Crippen LogP contribution in [0.4, 0.5) is 0 Å². The number of ether oxygens (including phenoxy) is 1. The van der Waals surface area contributed by atoms with Gasteiger partial charge in [-0.3, -0.25) is 14.2 Å². The van der Waals surface area contributed by atoms with Gasteiger partial charge in [-0.15, -0.1) is 10.2 Å². The summed E-state index contributed by atoms with van der Waals surface area (Å²) in [5, 5.41) is 32.2. The molecule has 2 aromatic carbocycles. The quantitative estimate of drug-likeness (QED) is 0.370. The number of benzene rings is 2. The van der Waals surface area contributed by atoms with Crippen molar-refractivity contribution in [1.29, 1.82) is 0 Å². The van der Waals surface area contributed by atoms with Gasteiger partial charge in [-0.05, 0) is 62.8 Å². The highest BCUT2D eigenvalue weighted by atomic mass is 16.5. The van der Waals surface area contributed by atoms with Crippen molar-refractivity contribution in [3.05, 3.63) is 47.8 Å². The van der Waals surface area contributed by atoms with Crippen LogP contribution in [0, 0.1) is 0 Å². The highest BCUT2D eigenvalue weighted by molar-refractivity contribution is 5.92. The number of hydrogen-bond donors (Lipinski definition) is 3. The van der Waals surface area contributed by atoms with E-state index in [0.29, 0.717) is 48.7 Å². The van der Waals surface area contributed by atoms with Gasteiger partial charge in [0.2, 0.25) is 11.7 Å². The molecule has 0 unspecified atom stereocenters. The molecule has 214 valence electrons. The lowest BCUT2D eigenvalue weighted by Crippen LogP contribution is -2.44. The number of aromatic hydroxyl groups is 2. The van der Waals surface area contributed by atoms with Gasteiger partial charge in [0.1, 0.15) is 23.4 Å². The van der Waals surface area contributed by atoms with E-state index in [0.717, 1.165) is 12.8 Å². The van der Waals surface area contributed by atoms with Crippen molar-refractivity contribution in [3.8, 4) is 34.3 Å². The van der Waals surface area contributed by atoms with E-state index in [-0.39, 0.29) is 41.1 Å². The van der Waals surface area contributed by atoms with Crippen molar-refractivity contribution < 1.29 is 24.5 Å². The van der Waals surface area contributed by atoms with E-state index in [2.05, 4.69) is 15.5 Å². The minimum Gasteiger partial charge on any atom is -0.508 e. The molecule has 1 fully saturated rings. The van der Waals surface area contributed by atoms with Crippen molar-refractivity contribution in [2.45, 2.75) is 45.6 Å². The average Bonchev–Trinajstić information content (AvgIpc) is 3.34. The van der Waals surface area contributed by atoms with Gasteiger partial charge in [-0.2, -0.15) is 0 Å². The van der Waals surface area contributed by atoms with Crippen LogP contribution in [0.5, 0.6) is 17.2 Å². The van der Waals surface area contributed by atoms with E-state index in [1.807, 2.05) is 68.9 Å². The molecule has 1 aliphatic heterocycles. The van der Waals surface area contributed by atoms with Crippen molar-refractivity contribution in [2.75, 3.05) is 40.3 Å². The average molecular weight is 551 g/mol. The van der Waals surface area contributed by atoms with E-state index in [1.54, 1.807) is 10.6 Å². The molecular weight excluding hydrogens is 512 g/mol. The predicted molar refractivity (Wildman–Crippen MR) is 151 cm³/mol. The van der Waals surface area contributed by atoms with Gasteiger partial charge < -0.3 is 30.1 Å². The number of likely N-dealkylation sites (N-methyl/N-ethyl adjacent to an activating group) is 1. The summed E-state index contributed by atoms with van der Waals surface area (Å²) in [6.07, 6.45) is 1.49. The Morgan fingerprint density at radius 1 is 1.07 bits per heavy atom. The van der Waals surface area contributed by atoms with Crippen molar-refractivity contribution in [3.63, 3.8) is 0 Å². The second-order valence-electron chi connectivity index (χ2n) is 10.6. The maximum Gasteiger partial charge on any atom is 0.289 e. The molecule has 0 radical (unpaired) electrons. The third-order valence-electron chi connectivity index (χ3n) is 6.86. The molecule has 3 aromatic rings. The first kappa shape index (κ1) is 28.9. The Balaban J connectivity index is 1.59. The summed E-state index contributed by atoms with van der Waals surface area (Å²) >= 11 is 0. The largest absolute Gasteiger partial charge is 0.508 e. The molecule has 0 spiro atoms. The highest BCUT2D eigenvalue weighted by Gasteiger charge is 2.26. The second kappa shape index (κ2) is 12.4. The molecule has 3 N–H and O–H groups in total. The summed E-state index contributed by atoms with van der Waals surface area (Å²) in [7, 11) is 3.77. The number of piperidine rings is 1. The third kappa shape index (κ3) is 6.36. The van der Waals surface area contributed by atoms with Crippen LogP contribution in [0.15, 0.2) is 36.4 Å². The number of carbonyl (C=O) groups excluding carboxylic acids is 2. The number of nitrogens with one attached hydrogen (secondary N) is 1. The van der Waals surface area contributed by atoms with Crippen LogP contribution >= 0.6 is 0 Å². The fourth-order valence-corrected chi connectivity index (χ4v) is 4.79. The van der Waals surface area contributed by atoms with E-state index in [4.69, 9.17) is 4.74 Å². The molecule has 0 atom stereocenters. The number of carbonyl (C=O) groups is 2.